The van der Waals surface area contributed by atoms with Crippen molar-refractivity contribution in [3.63, 3.8) is 0 Å². The van der Waals surface area contributed by atoms with Gasteiger partial charge < -0.3 is 4.74 Å². The van der Waals surface area contributed by atoms with Crippen molar-refractivity contribution >= 4 is 15.9 Å². The van der Waals surface area contributed by atoms with Gasteiger partial charge in [-0.05, 0) is 53.0 Å². The average molecular weight is 306 g/mol. The summed E-state index contributed by atoms with van der Waals surface area (Å²) in [7, 11) is 0. The number of aryl methyl sites for hydroxylation is 2. The van der Waals surface area contributed by atoms with Crippen molar-refractivity contribution in [3.05, 3.63) is 52.1 Å². The highest BCUT2D eigenvalue weighted by atomic mass is 79.9. The van der Waals surface area contributed by atoms with Gasteiger partial charge in [0.05, 0.1) is 0 Å². The molecule has 2 aromatic rings. The van der Waals surface area contributed by atoms with E-state index in [0.29, 0.717) is 5.88 Å². The Morgan fingerprint density at radius 2 is 1.94 bits per heavy atom. The molecule has 18 heavy (non-hydrogen) atoms. The van der Waals surface area contributed by atoms with Crippen molar-refractivity contribution in [1.29, 1.82) is 0 Å². The Bertz CT molecular complexity index is 523. The topological polar surface area (TPSA) is 22.1 Å². The SMILES string of the molecule is CCCc1ccc(Oc2ncc(Br)cc2C)cc1. The zero-order valence-electron chi connectivity index (χ0n) is 10.6. The van der Waals surface area contributed by atoms with Gasteiger partial charge in [-0.2, -0.15) is 0 Å². The van der Waals surface area contributed by atoms with Crippen molar-refractivity contribution < 1.29 is 4.74 Å². The predicted molar refractivity (Wildman–Crippen MR) is 77.2 cm³/mol. The Morgan fingerprint density at radius 1 is 1.22 bits per heavy atom. The van der Waals surface area contributed by atoms with E-state index in [1.165, 1.54) is 5.56 Å². The molecule has 0 fully saturated rings. The van der Waals surface area contributed by atoms with Crippen LogP contribution in [0.2, 0.25) is 0 Å². The lowest BCUT2D eigenvalue weighted by Crippen LogP contribution is -1.91. The van der Waals surface area contributed by atoms with E-state index < -0.39 is 0 Å². The van der Waals surface area contributed by atoms with Gasteiger partial charge in [0, 0.05) is 16.2 Å². The molecule has 0 saturated carbocycles. The van der Waals surface area contributed by atoms with Crippen molar-refractivity contribution in [3.8, 4) is 11.6 Å². The fourth-order valence-corrected chi connectivity index (χ4v) is 2.21. The van der Waals surface area contributed by atoms with Crippen LogP contribution in [0.3, 0.4) is 0 Å². The van der Waals surface area contributed by atoms with Gasteiger partial charge in [-0.15, -0.1) is 0 Å². The number of hydrogen-bond acceptors (Lipinski definition) is 2. The van der Waals surface area contributed by atoms with Gasteiger partial charge in [-0.1, -0.05) is 25.5 Å². The third-order valence-corrected chi connectivity index (χ3v) is 3.11. The summed E-state index contributed by atoms with van der Waals surface area (Å²) in [5, 5.41) is 0. The van der Waals surface area contributed by atoms with Crippen LogP contribution in [-0.2, 0) is 6.42 Å². The quantitative estimate of drug-likeness (QED) is 0.801. The molecule has 0 radical (unpaired) electrons. The molecule has 0 aliphatic carbocycles. The second kappa shape index (κ2) is 6.01. The largest absolute Gasteiger partial charge is 0.439 e. The average Bonchev–Trinajstić information content (AvgIpc) is 2.35. The van der Waals surface area contributed by atoms with Gasteiger partial charge in [0.2, 0.25) is 5.88 Å². The van der Waals surface area contributed by atoms with Gasteiger partial charge >= 0.3 is 0 Å². The van der Waals surface area contributed by atoms with Gasteiger partial charge in [-0.3, -0.25) is 0 Å². The molecule has 3 heteroatoms. The summed E-state index contributed by atoms with van der Waals surface area (Å²) < 4.78 is 6.73. The van der Waals surface area contributed by atoms with Gasteiger partial charge in [0.15, 0.2) is 0 Å². The summed E-state index contributed by atoms with van der Waals surface area (Å²) in [6.45, 7) is 4.16. The first kappa shape index (κ1) is 13.1. The molecule has 94 valence electrons. The summed E-state index contributed by atoms with van der Waals surface area (Å²) in [6, 6.07) is 10.2. The zero-order valence-corrected chi connectivity index (χ0v) is 12.2. The van der Waals surface area contributed by atoms with E-state index in [1.807, 2.05) is 25.1 Å². The predicted octanol–water partition coefficient (Wildman–Crippen LogP) is 4.90. The van der Waals surface area contributed by atoms with Crippen LogP contribution >= 0.6 is 15.9 Å². The Labute approximate surface area is 116 Å². The Kier molecular flexibility index (Phi) is 4.37. The molecular weight excluding hydrogens is 290 g/mol. The van der Waals surface area contributed by atoms with Crippen LogP contribution in [0.4, 0.5) is 0 Å². The lowest BCUT2D eigenvalue weighted by Gasteiger charge is -2.08. The smallest absolute Gasteiger partial charge is 0.222 e. The molecule has 0 saturated heterocycles. The fraction of sp³-hybridized carbons (Fsp3) is 0.267. The van der Waals surface area contributed by atoms with E-state index in [2.05, 4.69) is 40.0 Å². The van der Waals surface area contributed by atoms with Crippen LogP contribution in [0.15, 0.2) is 41.0 Å². The Balaban J connectivity index is 2.13. The molecular formula is C15H16BrNO. The molecule has 0 bridgehead atoms. The normalized spacial score (nSPS) is 10.4. The van der Waals surface area contributed by atoms with Crippen LogP contribution < -0.4 is 4.74 Å². The zero-order chi connectivity index (χ0) is 13.0. The van der Waals surface area contributed by atoms with Crippen molar-refractivity contribution in [2.45, 2.75) is 26.7 Å². The van der Waals surface area contributed by atoms with Crippen LogP contribution in [0.1, 0.15) is 24.5 Å². The minimum absolute atomic E-state index is 0.654. The van der Waals surface area contributed by atoms with Crippen LogP contribution in [0.25, 0.3) is 0 Å². The highest BCUT2D eigenvalue weighted by Crippen LogP contribution is 2.25. The third kappa shape index (κ3) is 3.33. The highest BCUT2D eigenvalue weighted by Gasteiger charge is 2.03. The molecule has 0 N–H and O–H groups in total. The number of aromatic nitrogens is 1. The molecule has 1 aromatic carbocycles. The minimum atomic E-state index is 0.654. The third-order valence-electron chi connectivity index (χ3n) is 2.67. The molecule has 2 rings (SSSR count). The standard InChI is InChI=1S/C15H16BrNO/c1-3-4-12-5-7-14(8-6-12)18-15-11(2)9-13(16)10-17-15/h5-10H,3-4H2,1-2H3. The first-order chi connectivity index (χ1) is 8.69. The Hall–Kier alpha value is -1.35. The monoisotopic (exact) mass is 305 g/mol. The number of rotatable bonds is 4. The molecule has 0 aliphatic rings. The van der Waals surface area contributed by atoms with Gasteiger partial charge in [0.1, 0.15) is 5.75 Å². The first-order valence-corrected chi connectivity index (χ1v) is 6.87. The van der Waals surface area contributed by atoms with Crippen LogP contribution in [-0.4, -0.2) is 4.98 Å². The molecule has 0 atom stereocenters. The van der Waals surface area contributed by atoms with E-state index in [1.54, 1.807) is 6.20 Å². The minimum Gasteiger partial charge on any atom is -0.439 e. The lowest BCUT2D eigenvalue weighted by molar-refractivity contribution is 0.458. The van der Waals surface area contributed by atoms with Crippen LogP contribution in [0, 0.1) is 6.92 Å². The van der Waals surface area contributed by atoms with E-state index in [0.717, 1.165) is 28.6 Å². The number of nitrogens with zero attached hydrogens (tertiary/aromatic N) is 1. The molecule has 0 amide bonds. The molecule has 1 heterocycles. The van der Waals surface area contributed by atoms with Gasteiger partial charge in [0.25, 0.3) is 0 Å². The number of halogens is 1. The summed E-state index contributed by atoms with van der Waals surface area (Å²) in [5.41, 5.74) is 2.35. The van der Waals surface area contributed by atoms with E-state index in [4.69, 9.17) is 4.74 Å². The first-order valence-electron chi connectivity index (χ1n) is 6.08. The molecule has 0 aliphatic heterocycles. The second-order valence-electron chi connectivity index (χ2n) is 4.27. The van der Waals surface area contributed by atoms with Crippen molar-refractivity contribution in [2.24, 2.45) is 0 Å². The lowest BCUT2D eigenvalue weighted by atomic mass is 10.1. The summed E-state index contributed by atoms with van der Waals surface area (Å²) in [4.78, 5) is 4.26. The van der Waals surface area contributed by atoms with Crippen molar-refractivity contribution in [2.75, 3.05) is 0 Å². The summed E-state index contributed by atoms with van der Waals surface area (Å²) in [6.07, 6.45) is 4.01. The fourth-order valence-electron chi connectivity index (χ4n) is 1.76. The maximum Gasteiger partial charge on any atom is 0.222 e. The maximum absolute atomic E-state index is 5.77. The number of ether oxygens (including phenoxy) is 1. The van der Waals surface area contributed by atoms with Crippen LogP contribution in [0.5, 0.6) is 11.6 Å². The highest BCUT2D eigenvalue weighted by molar-refractivity contribution is 9.10. The van der Waals surface area contributed by atoms with E-state index >= 15 is 0 Å². The molecule has 0 unspecified atom stereocenters. The number of benzene rings is 1. The summed E-state index contributed by atoms with van der Waals surface area (Å²) >= 11 is 3.39. The summed E-state index contributed by atoms with van der Waals surface area (Å²) in [5.74, 6) is 1.48. The molecule has 2 nitrogen and oxygen atoms in total. The Morgan fingerprint density at radius 3 is 2.56 bits per heavy atom. The van der Waals surface area contributed by atoms with Gasteiger partial charge in [-0.25, -0.2) is 4.98 Å². The second-order valence-corrected chi connectivity index (χ2v) is 5.19. The number of hydrogen-bond donors (Lipinski definition) is 0. The van der Waals surface area contributed by atoms with E-state index in [9.17, 15) is 0 Å². The molecule has 0 spiro atoms. The van der Waals surface area contributed by atoms with E-state index in [-0.39, 0.29) is 0 Å². The maximum atomic E-state index is 5.77. The van der Waals surface area contributed by atoms with Crippen molar-refractivity contribution in [1.82, 2.24) is 4.98 Å². The number of pyridine rings is 1. The molecule has 1 aromatic heterocycles.